The summed E-state index contributed by atoms with van der Waals surface area (Å²) < 4.78 is 0. The summed E-state index contributed by atoms with van der Waals surface area (Å²) in [6, 6.07) is 8.73. The van der Waals surface area contributed by atoms with Gasteiger partial charge in [0.25, 0.3) is 0 Å². The number of aliphatic hydroxyl groups is 1. The molecule has 0 radical (unpaired) electrons. The van der Waals surface area contributed by atoms with Gasteiger partial charge in [0.15, 0.2) is 0 Å². The number of benzene rings is 1. The molecule has 2 rings (SSSR count). The average molecular weight is 289 g/mol. The molecule has 21 heavy (non-hydrogen) atoms. The minimum atomic E-state index is -0.0990. The zero-order valence-electron chi connectivity index (χ0n) is 13.9. The fourth-order valence-electron chi connectivity index (χ4n) is 3.80. The van der Waals surface area contributed by atoms with Crippen molar-refractivity contribution < 1.29 is 5.11 Å². The number of nitrogens with zero attached hydrogens (tertiary/aromatic N) is 1. The van der Waals surface area contributed by atoms with Gasteiger partial charge in [0, 0.05) is 13.1 Å². The van der Waals surface area contributed by atoms with Crippen LogP contribution in [-0.4, -0.2) is 29.7 Å². The maximum absolute atomic E-state index is 10.3. The number of hydrogen-bond acceptors (Lipinski definition) is 2. The van der Waals surface area contributed by atoms with Crippen molar-refractivity contribution in [2.45, 2.75) is 58.6 Å². The molecule has 0 amide bonds. The van der Waals surface area contributed by atoms with Gasteiger partial charge in [-0.15, -0.1) is 0 Å². The first kappa shape index (κ1) is 16.5. The smallest absolute Gasteiger partial charge is 0.0580 e. The van der Waals surface area contributed by atoms with E-state index in [0.717, 1.165) is 25.4 Å². The summed E-state index contributed by atoms with van der Waals surface area (Å²) >= 11 is 0. The van der Waals surface area contributed by atoms with E-state index in [1.807, 2.05) is 0 Å². The molecular weight excluding hydrogens is 258 g/mol. The Kier molecular flexibility index (Phi) is 6.25. The molecule has 1 aliphatic carbocycles. The Morgan fingerprint density at radius 1 is 1.29 bits per heavy atom. The van der Waals surface area contributed by atoms with Crippen molar-refractivity contribution in [2.24, 2.45) is 11.8 Å². The number of aryl methyl sites for hydroxylation is 1. The third-order valence-corrected chi connectivity index (χ3v) is 4.83. The SMILES string of the molecule is CCCC1CCC(O)C(CN(C)Cc2cccc(C)c2)C1. The van der Waals surface area contributed by atoms with Crippen LogP contribution in [0, 0.1) is 18.8 Å². The summed E-state index contributed by atoms with van der Waals surface area (Å²) in [5, 5.41) is 10.3. The third-order valence-electron chi connectivity index (χ3n) is 4.83. The van der Waals surface area contributed by atoms with Gasteiger partial charge < -0.3 is 10.0 Å². The van der Waals surface area contributed by atoms with Gasteiger partial charge in [0.2, 0.25) is 0 Å². The quantitative estimate of drug-likeness (QED) is 0.855. The molecule has 3 atom stereocenters. The third kappa shape index (κ3) is 5.12. The lowest BCUT2D eigenvalue weighted by Gasteiger charge is -2.35. The lowest BCUT2D eigenvalue weighted by molar-refractivity contribution is 0.0288. The van der Waals surface area contributed by atoms with Crippen LogP contribution in [0.4, 0.5) is 0 Å². The van der Waals surface area contributed by atoms with E-state index in [0.29, 0.717) is 5.92 Å². The molecule has 118 valence electrons. The van der Waals surface area contributed by atoms with Gasteiger partial charge in [0.05, 0.1) is 6.10 Å². The van der Waals surface area contributed by atoms with Crippen molar-refractivity contribution in [1.29, 1.82) is 0 Å². The van der Waals surface area contributed by atoms with Gasteiger partial charge >= 0.3 is 0 Å². The highest BCUT2D eigenvalue weighted by Gasteiger charge is 2.29. The predicted molar refractivity (Wildman–Crippen MR) is 89.3 cm³/mol. The Bertz CT molecular complexity index is 431. The first-order chi connectivity index (χ1) is 10.1. The summed E-state index contributed by atoms with van der Waals surface area (Å²) in [6.07, 6.45) is 5.91. The highest BCUT2D eigenvalue weighted by atomic mass is 16.3. The van der Waals surface area contributed by atoms with Crippen LogP contribution in [0.25, 0.3) is 0 Å². The fraction of sp³-hybridized carbons (Fsp3) is 0.684. The van der Waals surface area contributed by atoms with E-state index in [4.69, 9.17) is 0 Å². The summed E-state index contributed by atoms with van der Waals surface area (Å²) in [5.41, 5.74) is 2.69. The van der Waals surface area contributed by atoms with Gasteiger partial charge in [-0.25, -0.2) is 0 Å². The molecule has 1 aromatic rings. The normalized spacial score (nSPS) is 26.2. The van der Waals surface area contributed by atoms with E-state index in [1.165, 1.54) is 36.8 Å². The molecular formula is C19H31NO. The van der Waals surface area contributed by atoms with Crippen LogP contribution in [0.1, 0.15) is 50.2 Å². The van der Waals surface area contributed by atoms with E-state index in [2.05, 4.69) is 50.1 Å². The molecule has 0 aromatic heterocycles. The van der Waals surface area contributed by atoms with E-state index >= 15 is 0 Å². The molecule has 0 saturated heterocycles. The maximum atomic E-state index is 10.3. The van der Waals surface area contributed by atoms with Crippen molar-refractivity contribution in [3.05, 3.63) is 35.4 Å². The Hall–Kier alpha value is -0.860. The minimum absolute atomic E-state index is 0.0990. The van der Waals surface area contributed by atoms with Crippen molar-refractivity contribution in [1.82, 2.24) is 4.90 Å². The van der Waals surface area contributed by atoms with Crippen LogP contribution >= 0.6 is 0 Å². The van der Waals surface area contributed by atoms with E-state index < -0.39 is 0 Å². The summed E-state index contributed by atoms with van der Waals surface area (Å²) in [7, 11) is 2.18. The molecule has 1 fully saturated rings. The van der Waals surface area contributed by atoms with Crippen LogP contribution in [0.3, 0.4) is 0 Å². The summed E-state index contributed by atoms with van der Waals surface area (Å²) in [5.74, 6) is 1.28. The first-order valence-corrected chi connectivity index (χ1v) is 8.50. The lowest BCUT2D eigenvalue weighted by Crippen LogP contribution is -2.37. The minimum Gasteiger partial charge on any atom is -0.393 e. The molecule has 1 aromatic carbocycles. The van der Waals surface area contributed by atoms with Crippen molar-refractivity contribution in [2.75, 3.05) is 13.6 Å². The van der Waals surface area contributed by atoms with Crippen LogP contribution in [0.2, 0.25) is 0 Å². The zero-order valence-corrected chi connectivity index (χ0v) is 13.9. The van der Waals surface area contributed by atoms with E-state index in [-0.39, 0.29) is 6.10 Å². The van der Waals surface area contributed by atoms with Gasteiger partial charge in [-0.05, 0) is 50.6 Å². The van der Waals surface area contributed by atoms with Crippen molar-refractivity contribution in [3.63, 3.8) is 0 Å². The molecule has 2 nitrogen and oxygen atoms in total. The second kappa shape index (κ2) is 7.95. The summed E-state index contributed by atoms with van der Waals surface area (Å²) in [6.45, 7) is 6.40. The molecule has 0 spiro atoms. The second-order valence-corrected chi connectivity index (χ2v) is 6.98. The van der Waals surface area contributed by atoms with Gasteiger partial charge in [0.1, 0.15) is 0 Å². The maximum Gasteiger partial charge on any atom is 0.0580 e. The van der Waals surface area contributed by atoms with Crippen LogP contribution in [0.15, 0.2) is 24.3 Å². The highest BCUT2D eigenvalue weighted by Crippen LogP contribution is 2.32. The van der Waals surface area contributed by atoms with Gasteiger partial charge in [-0.3, -0.25) is 0 Å². The Morgan fingerprint density at radius 3 is 2.81 bits per heavy atom. The van der Waals surface area contributed by atoms with E-state index in [9.17, 15) is 5.11 Å². The lowest BCUT2D eigenvalue weighted by atomic mass is 9.77. The van der Waals surface area contributed by atoms with Crippen LogP contribution in [0.5, 0.6) is 0 Å². The first-order valence-electron chi connectivity index (χ1n) is 8.50. The van der Waals surface area contributed by atoms with Crippen molar-refractivity contribution in [3.8, 4) is 0 Å². The monoisotopic (exact) mass is 289 g/mol. The highest BCUT2D eigenvalue weighted by molar-refractivity contribution is 5.22. The number of hydrogen-bond donors (Lipinski definition) is 1. The summed E-state index contributed by atoms with van der Waals surface area (Å²) in [4.78, 5) is 2.37. The zero-order chi connectivity index (χ0) is 15.2. The number of rotatable bonds is 6. The molecule has 1 aliphatic rings. The van der Waals surface area contributed by atoms with Crippen LogP contribution < -0.4 is 0 Å². The number of aliphatic hydroxyl groups excluding tert-OH is 1. The Labute approximate surface area is 130 Å². The average Bonchev–Trinajstić information content (AvgIpc) is 2.43. The van der Waals surface area contributed by atoms with Gasteiger partial charge in [-0.1, -0.05) is 49.6 Å². The fourth-order valence-corrected chi connectivity index (χ4v) is 3.80. The molecule has 2 heteroatoms. The Morgan fingerprint density at radius 2 is 2.10 bits per heavy atom. The molecule has 1 saturated carbocycles. The standard InChI is InChI=1S/C19H31NO/c1-4-6-16-9-10-19(21)18(12-16)14-20(3)13-17-8-5-7-15(2)11-17/h5,7-8,11,16,18-19,21H,4,6,9-10,12-14H2,1-3H3. The molecule has 0 heterocycles. The second-order valence-electron chi connectivity index (χ2n) is 6.98. The largest absolute Gasteiger partial charge is 0.393 e. The Balaban J connectivity index is 1.87. The van der Waals surface area contributed by atoms with Gasteiger partial charge in [-0.2, -0.15) is 0 Å². The molecule has 1 N–H and O–H groups in total. The molecule has 3 unspecified atom stereocenters. The van der Waals surface area contributed by atoms with Crippen LogP contribution in [-0.2, 0) is 6.54 Å². The molecule has 0 aliphatic heterocycles. The van der Waals surface area contributed by atoms with E-state index in [1.54, 1.807) is 0 Å². The molecule has 0 bridgehead atoms. The topological polar surface area (TPSA) is 23.5 Å². The predicted octanol–water partition coefficient (Wildman–Crippen LogP) is 4.00. The van der Waals surface area contributed by atoms with Crippen molar-refractivity contribution >= 4 is 0 Å².